The number of amides is 1. The normalized spacial score (nSPS) is 10.4. The molecule has 1 aromatic carbocycles. The maximum Gasteiger partial charge on any atom is 0.407 e. The average molecular weight is 307 g/mol. The minimum absolute atomic E-state index is 0.102. The molecule has 0 radical (unpaired) electrons. The first-order chi connectivity index (χ1) is 10.2. The minimum Gasteiger partial charge on any atom is -0.478 e. The van der Waals surface area contributed by atoms with Gasteiger partial charge in [-0.3, -0.25) is 0 Å². The number of hydrogen-bond donors (Lipinski definition) is 2. The van der Waals surface area contributed by atoms with Crippen LogP contribution in [-0.4, -0.2) is 29.3 Å². The van der Waals surface area contributed by atoms with Crippen LogP contribution in [0, 0.1) is 17.7 Å². The SMILES string of the molecule is CC(C)(C)OC(=O)NCCC#Cc1cccc(F)c1C(=O)O. The van der Waals surface area contributed by atoms with Crippen molar-refractivity contribution in [1.29, 1.82) is 0 Å². The predicted molar refractivity (Wildman–Crippen MR) is 79.1 cm³/mol. The molecular weight excluding hydrogens is 289 g/mol. The summed E-state index contributed by atoms with van der Waals surface area (Å²) >= 11 is 0. The number of rotatable bonds is 3. The van der Waals surface area contributed by atoms with E-state index in [0.29, 0.717) is 0 Å². The van der Waals surface area contributed by atoms with E-state index < -0.39 is 29.0 Å². The number of carbonyl (C=O) groups is 2. The molecule has 6 heteroatoms. The third kappa shape index (κ3) is 5.83. The summed E-state index contributed by atoms with van der Waals surface area (Å²) in [5.41, 5.74) is -0.923. The molecule has 0 bridgehead atoms. The molecule has 0 heterocycles. The van der Waals surface area contributed by atoms with E-state index in [2.05, 4.69) is 17.2 Å². The van der Waals surface area contributed by atoms with Gasteiger partial charge in [-0.1, -0.05) is 17.9 Å². The van der Waals surface area contributed by atoms with Gasteiger partial charge in [0.25, 0.3) is 0 Å². The molecule has 5 nitrogen and oxygen atoms in total. The van der Waals surface area contributed by atoms with Crippen LogP contribution in [0.25, 0.3) is 0 Å². The van der Waals surface area contributed by atoms with Crippen LogP contribution in [-0.2, 0) is 4.74 Å². The van der Waals surface area contributed by atoms with E-state index in [4.69, 9.17) is 9.84 Å². The van der Waals surface area contributed by atoms with E-state index in [-0.39, 0.29) is 18.5 Å². The summed E-state index contributed by atoms with van der Waals surface area (Å²) in [6, 6.07) is 3.89. The van der Waals surface area contributed by atoms with Gasteiger partial charge in [0.2, 0.25) is 0 Å². The van der Waals surface area contributed by atoms with E-state index >= 15 is 0 Å². The number of ether oxygens (including phenoxy) is 1. The Morgan fingerprint density at radius 1 is 1.36 bits per heavy atom. The second-order valence-electron chi connectivity index (χ2n) is 5.45. The number of aromatic carboxylic acids is 1. The van der Waals surface area contributed by atoms with Crippen LogP contribution < -0.4 is 5.32 Å². The lowest BCUT2D eigenvalue weighted by Gasteiger charge is -2.19. The highest BCUT2D eigenvalue weighted by atomic mass is 19.1. The third-order valence-corrected chi connectivity index (χ3v) is 2.37. The van der Waals surface area contributed by atoms with Gasteiger partial charge in [-0.2, -0.15) is 0 Å². The van der Waals surface area contributed by atoms with Gasteiger partial charge in [0.05, 0.1) is 0 Å². The average Bonchev–Trinajstić information content (AvgIpc) is 2.35. The summed E-state index contributed by atoms with van der Waals surface area (Å²) in [7, 11) is 0. The zero-order chi connectivity index (χ0) is 16.8. The fraction of sp³-hybridized carbons (Fsp3) is 0.375. The molecule has 1 amide bonds. The summed E-state index contributed by atoms with van der Waals surface area (Å²) in [5, 5.41) is 11.5. The Morgan fingerprint density at radius 2 is 2.05 bits per heavy atom. The summed E-state index contributed by atoms with van der Waals surface area (Å²) in [6.45, 7) is 5.51. The fourth-order valence-corrected chi connectivity index (χ4v) is 1.54. The quantitative estimate of drug-likeness (QED) is 0.665. The molecule has 118 valence electrons. The van der Waals surface area contributed by atoms with Gasteiger partial charge >= 0.3 is 12.1 Å². The summed E-state index contributed by atoms with van der Waals surface area (Å²) in [6.07, 6.45) is -0.263. The van der Waals surface area contributed by atoms with E-state index in [1.54, 1.807) is 20.8 Å². The second-order valence-corrected chi connectivity index (χ2v) is 5.45. The number of benzene rings is 1. The number of carboxylic acids is 1. The van der Waals surface area contributed by atoms with Crippen molar-refractivity contribution in [2.45, 2.75) is 32.8 Å². The highest BCUT2D eigenvalue weighted by Gasteiger charge is 2.15. The zero-order valence-corrected chi connectivity index (χ0v) is 12.7. The lowest BCUT2D eigenvalue weighted by atomic mass is 10.1. The van der Waals surface area contributed by atoms with Gasteiger partial charge < -0.3 is 15.2 Å². The number of alkyl carbamates (subject to hydrolysis) is 1. The molecule has 0 aliphatic rings. The first-order valence-corrected chi connectivity index (χ1v) is 6.68. The van der Waals surface area contributed by atoms with Gasteiger partial charge in [0, 0.05) is 18.5 Å². The Morgan fingerprint density at radius 3 is 2.64 bits per heavy atom. The van der Waals surface area contributed by atoms with Crippen LogP contribution in [0.3, 0.4) is 0 Å². The molecule has 0 spiro atoms. The Kier molecular flexibility index (Phi) is 5.93. The van der Waals surface area contributed by atoms with Crippen LogP contribution in [0.2, 0.25) is 0 Å². The topological polar surface area (TPSA) is 75.6 Å². The third-order valence-electron chi connectivity index (χ3n) is 2.37. The first kappa shape index (κ1) is 17.5. The van der Waals surface area contributed by atoms with Gasteiger partial charge in [-0.25, -0.2) is 14.0 Å². The smallest absolute Gasteiger partial charge is 0.407 e. The number of nitrogens with one attached hydrogen (secondary N) is 1. The van der Waals surface area contributed by atoms with E-state index in [9.17, 15) is 14.0 Å². The summed E-state index contributed by atoms with van der Waals surface area (Å²) in [5.74, 6) is 3.09. The molecule has 0 saturated heterocycles. The molecule has 22 heavy (non-hydrogen) atoms. The van der Waals surface area contributed by atoms with E-state index in [0.717, 1.165) is 6.07 Å². The van der Waals surface area contributed by atoms with Crippen molar-refractivity contribution in [1.82, 2.24) is 5.32 Å². The number of carbonyl (C=O) groups excluding carboxylic acids is 1. The molecule has 0 aliphatic heterocycles. The molecule has 0 fully saturated rings. The molecule has 1 aromatic rings. The van der Waals surface area contributed by atoms with Gasteiger partial charge in [0.1, 0.15) is 17.0 Å². The van der Waals surface area contributed by atoms with Crippen molar-refractivity contribution in [2.24, 2.45) is 0 Å². The first-order valence-electron chi connectivity index (χ1n) is 6.68. The number of carboxylic acid groups (broad SMARTS) is 1. The highest BCUT2D eigenvalue weighted by molar-refractivity contribution is 5.91. The van der Waals surface area contributed by atoms with Gasteiger partial charge in [-0.05, 0) is 32.9 Å². The number of halogens is 1. The van der Waals surface area contributed by atoms with E-state index in [1.165, 1.54) is 12.1 Å². The highest BCUT2D eigenvalue weighted by Crippen LogP contribution is 2.12. The Bertz CT molecular complexity index is 623. The van der Waals surface area contributed by atoms with Crippen molar-refractivity contribution in [3.63, 3.8) is 0 Å². The summed E-state index contributed by atoms with van der Waals surface area (Å²) < 4.78 is 18.5. The fourth-order valence-electron chi connectivity index (χ4n) is 1.54. The minimum atomic E-state index is -1.37. The lowest BCUT2D eigenvalue weighted by Crippen LogP contribution is -2.32. The van der Waals surface area contributed by atoms with Crippen LogP contribution in [0.1, 0.15) is 43.1 Å². The van der Waals surface area contributed by atoms with Crippen LogP contribution in [0.15, 0.2) is 18.2 Å². The van der Waals surface area contributed by atoms with Crippen molar-refractivity contribution in [2.75, 3.05) is 6.54 Å². The maximum atomic E-state index is 13.4. The molecule has 0 aliphatic carbocycles. The number of hydrogen-bond acceptors (Lipinski definition) is 3. The van der Waals surface area contributed by atoms with Gasteiger partial charge in [-0.15, -0.1) is 0 Å². The van der Waals surface area contributed by atoms with Crippen molar-refractivity contribution >= 4 is 12.1 Å². The monoisotopic (exact) mass is 307 g/mol. The van der Waals surface area contributed by atoms with Crippen LogP contribution in [0.4, 0.5) is 9.18 Å². The second kappa shape index (κ2) is 7.46. The molecule has 2 N–H and O–H groups in total. The Hall–Kier alpha value is -2.55. The molecule has 0 atom stereocenters. The van der Waals surface area contributed by atoms with Gasteiger partial charge in [0.15, 0.2) is 0 Å². The maximum absolute atomic E-state index is 13.4. The lowest BCUT2D eigenvalue weighted by molar-refractivity contribution is 0.0528. The molecule has 0 saturated carbocycles. The van der Waals surface area contributed by atoms with Crippen molar-refractivity contribution in [3.05, 3.63) is 35.1 Å². The molecule has 0 aromatic heterocycles. The van der Waals surface area contributed by atoms with Crippen molar-refractivity contribution in [3.8, 4) is 11.8 Å². The van der Waals surface area contributed by atoms with Crippen LogP contribution in [0.5, 0.6) is 0 Å². The Labute approximate surface area is 128 Å². The molecular formula is C16H18FNO4. The van der Waals surface area contributed by atoms with E-state index in [1.807, 2.05) is 0 Å². The summed E-state index contributed by atoms with van der Waals surface area (Å²) in [4.78, 5) is 22.3. The molecule has 1 rings (SSSR count). The predicted octanol–water partition coefficient (Wildman–Crippen LogP) is 2.79. The standard InChI is InChI=1S/C16H18FNO4/c1-16(2,3)22-15(21)18-10-5-4-7-11-8-6-9-12(17)13(11)14(19)20/h6,8-9H,5,10H2,1-3H3,(H,18,21)(H,19,20). The largest absolute Gasteiger partial charge is 0.478 e. The zero-order valence-electron chi connectivity index (χ0n) is 12.7. The van der Waals surface area contributed by atoms with Crippen molar-refractivity contribution < 1.29 is 23.8 Å². The van der Waals surface area contributed by atoms with Crippen LogP contribution >= 0.6 is 0 Å². The Balaban J connectivity index is 2.58. The molecule has 0 unspecified atom stereocenters.